The van der Waals surface area contributed by atoms with Crippen LogP contribution < -0.4 is 5.73 Å². The Balaban J connectivity index is 2.19. The molecule has 0 aliphatic carbocycles. The minimum atomic E-state index is -0.286. The fraction of sp³-hybridized carbons (Fsp3) is 0.500. The van der Waals surface area contributed by atoms with Gasteiger partial charge in [-0.3, -0.25) is 0 Å². The standard InChI is InChI=1S/C10H15N5O2/c1-6-8(16-5-12-6)10-13-9(14-17-10)7(11)4-15(2)3/h5,7H,4,11H2,1-3H3. The molecule has 1 unspecified atom stereocenters. The average Bonchev–Trinajstić information content (AvgIpc) is 2.84. The predicted molar refractivity (Wildman–Crippen MR) is 60.0 cm³/mol. The molecule has 92 valence electrons. The first kappa shape index (κ1) is 11.7. The molecule has 0 aliphatic rings. The van der Waals surface area contributed by atoms with E-state index in [1.54, 1.807) is 0 Å². The van der Waals surface area contributed by atoms with Crippen LogP contribution in [-0.4, -0.2) is 40.7 Å². The Labute approximate surface area is 98.6 Å². The monoisotopic (exact) mass is 237 g/mol. The number of hydrogen-bond donors (Lipinski definition) is 1. The highest BCUT2D eigenvalue weighted by Gasteiger charge is 2.19. The van der Waals surface area contributed by atoms with Gasteiger partial charge in [0.05, 0.1) is 11.7 Å². The van der Waals surface area contributed by atoms with Gasteiger partial charge in [-0.05, 0) is 21.0 Å². The summed E-state index contributed by atoms with van der Waals surface area (Å²) in [5.74, 6) is 1.26. The molecule has 2 aromatic heterocycles. The molecule has 7 nitrogen and oxygen atoms in total. The fourth-order valence-corrected chi connectivity index (χ4v) is 1.46. The first-order valence-electron chi connectivity index (χ1n) is 5.22. The van der Waals surface area contributed by atoms with Gasteiger partial charge in [0.1, 0.15) is 0 Å². The number of rotatable bonds is 4. The molecule has 0 fully saturated rings. The second-order valence-corrected chi connectivity index (χ2v) is 4.09. The molecule has 0 aliphatic heterocycles. The van der Waals surface area contributed by atoms with Gasteiger partial charge in [-0.25, -0.2) is 4.98 Å². The third kappa shape index (κ3) is 2.51. The van der Waals surface area contributed by atoms with Gasteiger partial charge in [-0.2, -0.15) is 4.98 Å². The molecular formula is C10H15N5O2. The first-order valence-corrected chi connectivity index (χ1v) is 5.22. The Morgan fingerprint density at radius 2 is 2.24 bits per heavy atom. The highest BCUT2D eigenvalue weighted by atomic mass is 16.5. The largest absolute Gasteiger partial charge is 0.438 e. The maximum absolute atomic E-state index is 5.93. The van der Waals surface area contributed by atoms with Crippen molar-refractivity contribution in [2.75, 3.05) is 20.6 Å². The second kappa shape index (κ2) is 4.64. The van der Waals surface area contributed by atoms with E-state index < -0.39 is 0 Å². The summed E-state index contributed by atoms with van der Waals surface area (Å²) in [5.41, 5.74) is 6.64. The predicted octanol–water partition coefficient (Wildman–Crippen LogP) is 0.594. The van der Waals surface area contributed by atoms with Crippen LogP contribution in [0.15, 0.2) is 15.3 Å². The van der Waals surface area contributed by atoms with E-state index in [9.17, 15) is 0 Å². The maximum Gasteiger partial charge on any atom is 0.295 e. The van der Waals surface area contributed by atoms with Crippen LogP contribution in [0.25, 0.3) is 11.7 Å². The molecule has 0 radical (unpaired) electrons. The summed E-state index contributed by atoms with van der Waals surface area (Å²) in [7, 11) is 3.86. The van der Waals surface area contributed by atoms with Gasteiger partial charge in [0.15, 0.2) is 12.2 Å². The number of oxazole rings is 1. The van der Waals surface area contributed by atoms with Gasteiger partial charge < -0.3 is 19.6 Å². The number of likely N-dealkylation sites (N-methyl/N-ethyl adjacent to an activating group) is 1. The molecule has 0 saturated heterocycles. The summed E-state index contributed by atoms with van der Waals surface area (Å²) >= 11 is 0. The van der Waals surface area contributed by atoms with Crippen molar-refractivity contribution in [2.24, 2.45) is 5.73 Å². The van der Waals surface area contributed by atoms with Crippen molar-refractivity contribution in [2.45, 2.75) is 13.0 Å². The topological polar surface area (TPSA) is 94.2 Å². The van der Waals surface area contributed by atoms with Crippen molar-refractivity contribution < 1.29 is 8.94 Å². The zero-order valence-corrected chi connectivity index (χ0v) is 10.0. The molecule has 2 aromatic rings. The number of aryl methyl sites for hydroxylation is 1. The minimum Gasteiger partial charge on any atom is -0.438 e. The lowest BCUT2D eigenvalue weighted by Crippen LogP contribution is -2.26. The highest BCUT2D eigenvalue weighted by molar-refractivity contribution is 5.46. The smallest absolute Gasteiger partial charge is 0.295 e. The minimum absolute atomic E-state index is 0.286. The second-order valence-electron chi connectivity index (χ2n) is 4.09. The lowest BCUT2D eigenvalue weighted by atomic mass is 10.3. The van der Waals surface area contributed by atoms with E-state index in [0.29, 0.717) is 29.7 Å². The van der Waals surface area contributed by atoms with E-state index in [0.717, 1.165) is 0 Å². The molecule has 1 atom stereocenters. The Bertz CT molecular complexity index is 490. The van der Waals surface area contributed by atoms with Crippen LogP contribution in [0.2, 0.25) is 0 Å². The number of nitrogens with two attached hydrogens (primary N) is 1. The zero-order chi connectivity index (χ0) is 12.4. The lowest BCUT2D eigenvalue weighted by Gasteiger charge is -2.12. The van der Waals surface area contributed by atoms with Crippen LogP contribution in [0.3, 0.4) is 0 Å². The van der Waals surface area contributed by atoms with Crippen molar-refractivity contribution in [3.05, 3.63) is 17.9 Å². The van der Waals surface area contributed by atoms with Crippen molar-refractivity contribution >= 4 is 0 Å². The van der Waals surface area contributed by atoms with Gasteiger partial charge in [-0.1, -0.05) is 5.16 Å². The number of aromatic nitrogens is 3. The zero-order valence-electron chi connectivity index (χ0n) is 10.0. The van der Waals surface area contributed by atoms with Crippen LogP contribution in [0.5, 0.6) is 0 Å². The molecule has 0 aromatic carbocycles. The number of hydrogen-bond acceptors (Lipinski definition) is 7. The number of nitrogens with zero attached hydrogens (tertiary/aromatic N) is 4. The molecule has 2 N–H and O–H groups in total. The van der Waals surface area contributed by atoms with E-state index in [-0.39, 0.29) is 6.04 Å². The molecule has 2 rings (SSSR count). The van der Waals surface area contributed by atoms with Crippen molar-refractivity contribution in [1.29, 1.82) is 0 Å². The summed E-state index contributed by atoms with van der Waals surface area (Å²) in [6.45, 7) is 2.46. The van der Waals surface area contributed by atoms with Crippen molar-refractivity contribution in [3.63, 3.8) is 0 Å². The van der Waals surface area contributed by atoms with Crippen LogP contribution >= 0.6 is 0 Å². The van der Waals surface area contributed by atoms with Crippen LogP contribution in [-0.2, 0) is 0 Å². The molecule has 17 heavy (non-hydrogen) atoms. The Hall–Kier alpha value is -1.73. The van der Waals surface area contributed by atoms with E-state index >= 15 is 0 Å². The van der Waals surface area contributed by atoms with E-state index in [1.165, 1.54) is 6.39 Å². The van der Waals surface area contributed by atoms with Gasteiger partial charge in [0, 0.05) is 6.54 Å². The Morgan fingerprint density at radius 1 is 1.47 bits per heavy atom. The first-order chi connectivity index (χ1) is 8.08. The van der Waals surface area contributed by atoms with Gasteiger partial charge in [0.25, 0.3) is 5.89 Å². The van der Waals surface area contributed by atoms with E-state index in [1.807, 2.05) is 25.9 Å². The fourth-order valence-electron chi connectivity index (χ4n) is 1.46. The van der Waals surface area contributed by atoms with Crippen LogP contribution in [0.4, 0.5) is 0 Å². The quantitative estimate of drug-likeness (QED) is 0.831. The lowest BCUT2D eigenvalue weighted by molar-refractivity contribution is 0.355. The third-order valence-electron chi connectivity index (χ3n) is 2.27. The summed E-state index contributed by atoms with van der Waals surface area (Å²) in [4.78, 5) is 10.1. The Kier molecular flexibility index (Phi) is 3.21. The normalized spacial score (nSPS) is 13.2. The highest BCUT2D eigenvalue weighted by Crippen LogP contribution is 2.21. The molecule has 7 heteroatoms. The third-order valence-corrected chi connectivity index (χ3v) is 2.27. The Morgan fingerprint density at radius 3 is 2.82 bits per heavy atom. The van der Waals surface area contributed by atoms with Crippen molar-refractivity contribution in [1.82, 2.24) is 20.0 Å². The summed E-state index contributed by atoms with van der Waals surface area (Å²) < 4.78 is 10.3. The molecule has 2 heterocycles. The molecular weight excluding hydrogens is 222 g/mol. The van der Waals surface area contributed by atoms with Gasteiger partial charge >= 0.3 is 0 Å². The SMILES string of the molecule is Cc1ncoc1-c1nc(C(N)CN(C)C)no1. The molecule has 0 saturated carbocycles. The molecule has 0 amide bonds. The van der Waals surface area contributed by atoms with Crippen LogP contribution in [0, 0.1) is 6.92 Å². The molecule has 0 bridgehead atoms. The summed E-state index contributed by atoms with van der Waals surface area (Å²) in [6.07, 6.45) is 1.34. The van der Waals surface area contributed by atoms with Crippen molar-refractivity contribution in [3.8, 4) is 11.7 Å². The average molecular weight is 237 g/mol. The summed E-state index contributed by atoms with van der Waals surface area (Å²) in [6, 6.07) is -0.286. The summed E-state index contributed by atoms with van der Waals surface area (Å²) in [5, 5.41) is 3.84. The van der Waals surface area contributed by atoms with Crippen LogP contribution in [0.1, 0.15) is 17.6 Å². The van der Waals surface area contributed by atoms with E-state index in [2.05, 4.69) is 15.1 Å². The maximum atomic E-state index is 5.93. The molecule has 0 spiro atoms. The van der Waals surface area contributed by atoms with Gasteiger partial charge in [0.2, 0.25) is 5.76 Å². The van der Waals surface area contributed by atoms with E-state index in [4.69, 9.17) is 14.7 Å². The van der Waals surface area contributed by atoms with Gasteiger partial charge in [-0.15, -0.1) is 0 Å².